The number of halogens is 2. The number of morpholine rings is 1. The van der Waals surface area contributed by atoms with Crippen LogP contribution in [0.2, 0.25) is 0 Å². The Labute approximate surface area is 234 Å². The number of aromatic carboxylic acids is 1. The smallest absolute Gasteiger partial charge is 0.354 e. The van der Waals surface area contributed by atoms with Gasteiger partial charge in [-0.15, -0.1) is 24.8 Å². The average molecular weight is 562 g/mol. The summed E-state index contributed by atoms with van der Waals surface area (Å²) in [5.74, 6) is -0.422. The summed E-state index contributed by atoms with van der Waals surface area (Å²) in [4.78, 5) is 33.5. The number of amides is 1. The van der Waals surface area contributed by atoms with Gasteiger partial charge in [-0.1, -0.05) is 31.4 Å². The Morgan fingerprint density at radius 3 is 2.47 bits per heavy atom. The van der Waals surface area contributed by atoms with Crippen molar-refractivity contribution in [2.75, 3.05) is 44.3 Å². The maximum atomic E-state index is 13.3. The number of carbonyl (C=O) groups is 2. The minimum atomic E-state index is -1.03. The third kappa shape index (κ3) is 5.22. The number of rotatable bonds is 4. The molecule has 2 aromatic heterocycles. The predicted octanol–water partition coefficient (Wildman–Crippen LogP) is 4.97. The summed E-state index contributed by atoms with van der Waals surface area (Å²) in [5.41, 5.74) is 5.40. The van der Waals surface area contributed by atoms with E-state index in [1.165, 1.54) is 43.2 Å². The lowest BCUT2D eigenvalue weighted by atomic mass is 9.81. The number of ether oxygens (including phenoxy) is 1. The van der Waals surface area contributed by atoms with E-state index in [-0.39, 0.29) is 36.4 Å². The number of fused-ring (bicyclic) bond motifs is 5. The van der Waals surface area contributed by atoms with Crippen molar-refractivity contribution in [2.45, 2.75) is 44.6 Å². The largest absolute Gasteiger partial charge is 0.477 e. The molecular formula is C28H34Cl2N4O4. The molecule has 2 fully saturated rings. The van der Waals surface area contributed by atoms with Crippen LogP contribution >= 0.6 is 24.8 Å². The zero-order valence-electron chi connectivity index (χ0n) is 21.3. The van der Waals surface area contributed by atoms with Gasteiger partial charge in [-0.25, -0.2) is 9.78 Å². The molecule has 0 unspecified atom stereocenters. The highest BCUT2D eigenvalue weighted by Crippen LogP contribution is 2.45. The van der Waals surface area contributed by atoms with Crippen molar-refractivity contribution in [3.05, 3.63) is 47.7 Å². The quantitative estimate of drug-likeness (QED) is 0.484. The second kappa shape index (κ2) is 11.9. The lowest BCUT2D eigenvalue weighted by Gasteiger charge is -2.32. The molecule has 6 rings (SSSR count). The van der Waals surface area contributed by atoms with E-state index in [0.717, 1.165) is 16.8 Å². The Hall–Kier alpha value is -2.81. The molecule has 2 aliphatic heterocycles. The van der Waals surface area contributed by atoms with Crippen LogP contribution in [0.3, 0.4) is 0 Å². The molecule has 1 saturated carbocycles. The number of carboxylic acids is 1. The molecule has 0 spiro atoms. The Bertz CT molecular complexity index is 1320. The fraction of sp³-hybridized carbons (Fsp3) is 0.464. The molecule has 10 heteroatoms. The van der Waals surface area contributed by atoms with E-state index < -0.39 is 5.97 Å². The minimum absolute atomic E-state index is 0. The van der Waals surface area contributed by atoms with Crippen LogP contribution in [0.1, 0.15) is 54.1 Å². The third-order valence-corrected chi connectivity index (χ3v) is 7.96. The molecule has 8 nitrogen and oxygen atoms in total. The van der Waals surface area contributed by atoms with Gasteiger partial charge in [-0.05, 0) is 48.6 Å². The maximum Gasteiger partial charge on any atom is 0.354 e. The van der Waals surface area contributed by atoms with Crippen molar-refractivity contribution in [3.8, 4) is 11.3 Å². The Morgan fingerprint density at radius 1 is 0.974 bits per heavy atom. The molecule has 1 N–H and O–H groups in total. The number of benzene rings is 1. The van der Waals surface area contributed by atoms with Gasteiger partial charge in [0.2, 0.25) is 5.91 Å². The van der Waals surface area contributed by atoms with Gasteiger partial charge >= 0.3 is 5.97 Å². The number of hydrogen-bond acceptors (Lipinski definition) is 5. The SMILES string of the molecule is Cl.Cl.O=C(O)c1ccc2cc3n(c2n1)CCN(CC(=O)N1CCOCC1)c1cccc(C2CCCCC2)c1-3. The first-order valence-corrected chi connectivity index (χ1v) is 13.1. The first-order chi connectivity index (χ1) is 17.6. The van der Waals surface area contributed by atoms with E-state index in [1.807, 2.05) is 11.0 Å². The highest BCUT2D eigenvalue weighted by atomic mass is 35.5. The number of aromatic nitrogens is 2. The van der Waals surface area contributed by atoms with E-state index in [9.17, 15) is 14.7 Å². The van der Waals surface area contributed by atoms with Crippen LogP contribution < -0.4 is 4.90 Å². The van der Waals surface area contributed by atoms with Gasteiger partial charge in [0.1, 0.15) is 5.65 Å². The highest BCUT2D eigenvalue weighted by Gasteiger charge is 2.30. The molecule has 1 amide bonds. The zero-order chi connectivity index (χ0) is 24.6. The summed E-state index contributed by atoms with van der Waals surface area (Å²) in [6, 6.07) is 12.1. The van der Waals surface area contributed by atoms with Gasteiger partial charge in [-0.2, -0.15) is 0 Å². The van der Waals surface area contributed by atoms with E-state index in [4.69, 9.17) is 4.74 Å². The van der Waals surface area contributed by atoms with Crippen LogP contribution in [0, 0.1) is 0 Å². The van der Waals surface area contributed by atoms with Crippen molar-refractivity contribution in [1.82, 2.24) is 14.5 Å². The number of carboxylic acid groups (broad SMARTS) is 1. The Morgan fingerprint density at radius 2 is 1.74 bits per heavy atom. The van der Waals surface area contributed by atoms with Crippen LogP contribution in [0.25, 0.3) is 22.3 Å². The molecule has 0 radical (unpaired) electrons. The fourth-order valence-corrected chi connectivity index (χ4v) is 6.12. The third-order valence-electron chi connectivity index (χ3n) is 7.96. The number of pyridine rings is 1. The lowest BCUT2D eigenvalue weighted by molar-refractivity contribution is -0.133. The van der Waals surface area contributed by atoms with Crippen molar-refractivity contribution >= 4 is 53.4 Å². The predicted molar refractivity (Wildman–Crippen MR) is 152 cm³/mol. The molecule has 1 aromatic carbocycles. The number of carbonyl (C=O) groups excluding carboxylic acids is 1. The lowest BCUT2D eigenvalue weighted by Crippen LogP contribution is -2.46. The van der Waals surface area contributed by atoms with Crippen LogP contribution in [0.15, 0.2) is 36.4 Å². The average Bonchev–Trinajstić information content (AvgIpc) is 3.21. The van der Waals surface area contributed by atoms with Gasteiger partial charge in [0.25, 0.3) is 0 Å². The summed E-state index contributed by atoms with van der Waals surface area (Å²) < 4.78 is 7.60. The monoisotopic (exact) mass is 560 g/mol. The normalized spacial score (nSPS) is 17.6. The zero-order valence-corrected chi connectivity index (χ0v) is 22.9. The molecule has 4 heterocycles. The number of anilines is 1. The Kier molecular flexibility index (Phi) is 8.85. The minimum Gasteiger partial charge on any atom is -0.477 e. The fourth-order valence-electron chi connectivity index (χ4n) is 6.12. The molecule has 1 aliphatic carbocycles. The molecule has 1 saturated heterocycles. The number of hydrogen-bond donors (Lipinski definition) is 1. The molecule has 38 heavy (non-hydrogen) atoms. The molecular weight excluding hydrogens is 527 g/mol. The first-order valence-electron chi connectivity index (χ1n) is 13.1. The summed E-state index contributed by atoms with van der Waals surface area (Å²) in [5, 5.41) is 10.5. The Balaban J connectivity index is 0.00000168. The standard InChI is InChI=1S/C28H32N4O4.2ClH/c33-25(30-13-15-36-16-14-30)18-31-11-12-32-24(17-20-9-10-22(28(34)35)29-27(20)32)26-21(7-4-8-23(26)31)19-5-2-1-3-6-19;;/h4,7-10,17,19H,1-3,5-6,11-16,18H2,(H,34,35);2*1H. The van der Waals surface area contributed by atoms with Gasteiger partial charge in [0, 0.05) is 42.8 Å². The maximum absolute atomic E-state index is 13.3. The summed E-state index contributed by atoms with van der Waals surface area (Å²) in [7, 11) is 0. The molecule has 3 aromatic rings. The van der Waals surface area contributed by atoms with Gasteiger partial charge in [0.15, 0.2) is 5.69 Å². The van der Waals surface area contributed by atoms with E-state index >= 15 is 0 Å². The topological polar surface area (TPSA) is 87.9 Å². The van der Waals surface area contributed by atoms with E-state index in [0.29, 0.717) is 57.5 Å². The van der Waals surface area contributed by atoms with E-state index in [1.54, 1.807) is 6.07 Å². The van der Waals surface area contributed by atoms with Crippen LogP contribution in [-0.4, -0.2) is 70.8 Å². The molecule has 3 aliphatic rings. The molecule has 0 bridgehead atoms. The van der Waals surface area contributed by atoms with Gasteiger partial charge in [0.05, 0.1) is 25.5 Å². The van der Waals surface area contributed by atoms with Gasteiger partial charge in [-0.3, -0.25) is 4.79 Å². The van der Waals surface area contributed by atoms with Crippen molar-refractivity contribution < 1.29 is 19.4 Å². The highest BCUT2D eigenvalue weighted by molar-refractivity contribution is 5.94. The summed E-state index contributed by atoms with van der Waals surface area (Å²) in [6.07, 6.45) is 6.10. The summed E-state index contributed by atoms with van der Waals surface area (Å²) >= 11 is 0. The molecule has 0 atom stereocenters. The van der Waals surface area contributed by atoms with Gasteiger partial charge < -0.3 is 24.2 Å². The van der Waals surface area contributed by atoms with Crippen LogP contribution in [0.5, 0.6) is 0 Å². The van der Waals surface area contributed by atoms with Crippen LogP contribution in [-0.2, 0) is 16.1 Å². The second-order valence-corrected chi connectivity index (χ2v) is 10.1. The van der Waals surface area contributed by atoms with Crippen molar-refractivity contribution in [1.29, 1.82) is 0 Å². The number of nitrogens with zero attached hydrogens (tertiary/aromatic N) is 4. The first kappa shape index (κ1) is 28.2. The molecule has 204 valence electrons. The van der Waals surface area contributed by atoms with Crippen LogP contribution in [0.4, 0.5) is 5.69 Å². The summed E-state index contributed by atoms with van der Waals surface area (Å²) in [6.45, 7) is 4.03. The van der Waals surface area contributed by atoms with Crippen molar-refractivity contribution in [3.63, 3.8) is 0 Å². The van der Waals surface area contributed by atoms with Crippen molar-refractivity contribution in [2.24, 2.45) is 0 Å². The second-order valence-electron chi connectivity index (χ2n) is 10.1. The van der Waals surface area contributed by atoms with E-state index in [2.05, 4.69) is 38.7 Å².